The molecular formula is C24H18Cl2N8. The van der Waals surface area contributed by atoms with Gasteiger partial charge in [0.1, 0.15) is 23.3 Å². The number of pyridine rings is 2. The van der Waals surface area contributed by atoms with Gasteiger partial charge in [0.2, 0.25) is 0 Å². The average molecular weight is 489 g/mol. The zero-order valence-electron chi connectivity index (χ0n) is 18.0. The number of H-pyrrole nitrogens is 2. The number of nitrogens with zero attached hydrogens (tertiary/aromatic N) is 5. The van der Waals surface area contributed by atoms with E-state index < -0.39 is 0 Å². The molecule has 0 aliphatic carbocycles. The molecule has 34 heavy (non-hydrogen) atoms. The van der Waals surface area contributed by atoms with E-state index in [1.54, 1.807) is 12.4 Å². The second kappa shape index (κ2) is 8.23. The van der Waals surface area contributed by atoms with Crippen LogP contribution in [0.3, 0.4) is 0 Å². The number of aromatic nitrogens is 7. The smallest absolute Gasteiger partial charge is 0.183 e. The van der Waals surface area contributed by atoms with Crippen LogP contribution in [0.5, 0.6) is 0 Å². The monoisotopic (exact) mass is 488 g/mol. The fraction of sp³-hybridized carbons (Fsp3) is 0.125. The lowest BCUT2D eigenvalue weighted by molar-refractivity contribution is 0.846. The number of hydrogen-bond acceptors (Lipinski definition) is 6. The number of nitrogens with one attached hydrogen (secondary N) is 3. The van der Waals surface area contributed by atoms with Crippen molar-refractivity contribution >= 4 is 62.1 Å². The molecule has 0 saturated heterocycles. The first-order valence-corrected chi connectivity index (χ1v) is 11.4. The molecule has 1 aromatic carbocycles. The van der Waals surface area contributed by atoms with Crippen LogP contribution in [0.2, 0.25) is 10.0 Å². The summed E-state index contributed by atoms with van der Waals surface area (Å²) < 4.78 is 0. The third-order valence-corrected chi connectivity index (χ3v) is 6.41. The van der Waals surface area contributed by atoms with E-state index in [0.29, 0.717) is 28.1 Å². The van der Waals surface area contributed by atoms with E-state index >= 15 is 0 Å². The third kappa shape index (κ3) is 3.70. The van der Waals surface area contributed by atoms with Gasteiger partial charge in [-0.25, -0.2) is 19.9 Å². The van der Waals surface area contributed by atoms with Crippen LogP contribution in [0.25, 0.3) is 33.1 Å². The van der Waals surface area contributed by atoms with E-state index in [2.05, 4.69) is 54.3 Å². The number of aromatic amines is 2. The minimum atomic E-state index is 0.00720. The Kier molecular flexibility index (Phi) is 5.04. The zero-order valence-corrected chi connectivity index (χ0v) is 19.5. The fourth-order valence-corrected chi connectivity index (χ4v) is 4.40. The molecule has 0 spiro atoms. The minimum absolute atomic E-state index is 0.00720. The van der Waals surface area contributed by atoms with Gasteiger partial charge in [-0.3, -0.25) is 4.98 Å². The van der Waals surface area contributed by atoms with Gasteiger partial charge in [0.05, 0.1) is 15.6 Å². The maximum Gasteiger partial charge on any atom is 0.183 e. The molecule has 168 valence electrons. The van der Waals surface area contributed by atoms with Gasteiger partial charge in [-0.2, -0.15) is 0 Å². The van der Waals surface area contributed by atoms with Gasteiger partial charge >= 0.3 is 0 Å². The summed E-state index contributed by atoms with van der Waals surface area (Å²) in [5.74, 6) is 1.48. The van der Waals surface area contributed by atoms with E-state index in [1.165, 1.54) is 6.33 Å². The first kappa shape index (κ1) is 20.8. The highest BCUT2D eigenvalue weighted by Crippen LogP contribution is 2.29. The van der Waals surface area contributed by atoms with Crippen molar-refractivity contribution in [3.05, 3.63) is 82.2 Å². The summed E-state index contributed by atoms with van der Waals surface area (Å²) in [7, 11) is 0. The first-order chi connectivity index (χ1) is 16.5. The fourth-order valence-electron chi connectivity index (χ4n) is 4.03. The van der Waals surface area contributed by atoms with Crippen molar-refractivity contribution in [2.24, 2.45) is 0 Å². The lowest BCUT2D eigenvalue weighted by atomic mass is 9.99. The second-order valence-electron chi connectivity index (χ2n) is 8.10. The van der Waals surface area contributed by atoms with E-state index in [4.69, 9.17) is 28.2 Å². The molecule has 1 unspecified atom stereocenters. The Hall–Kier alpha value is -3.75. The predicted molar refractivity (Wildman–Crippen MR) is 134 cm³/mol. The molecule has 6 rings (SSSR count). The highest BCUT2D eigenvalue weighted by atomic mass is 35.5. The van der Waals surface area contributed by atoms with Crippen molar-refractivity contribution in [3.8, 4) is 0 Å². The van der Waals surface area contributed by atoms with Crippen LogP contribution in [0.15, 0.2) is 55.2 Å². The first-order valence-electron chi connectivity index (χ1n) is 10.7. The van der Waals surface area contributed by atoms with E-state index in [-0.39, 0.29) is 5.92 Å². The Morgan fingerprint density at radius 1 is 1.03 bits per heavy atom. The van der Waals surface area contributed by atoms with Crippen molar-refractivity contribution in [1.29, 1.82) is 0 Å². The maximum absolute atomic E-state index is 6.23. The van der Waals surface area contributed by atoms with Crippen molar-refractivity contribution in [2.75, 3.05) is 5.32 Å². The van der Waals surface area contributed by atoms with E-state index in [0.717, 1.165) is 44.4 Å². The Labute approximate surface area is 203 Å². The van der Waals surface area contributed by atoms with Gasteiger partial charge < -0.3 is 15.3 Å². The van der Waals surface area contributed by atoms with Gasteiger partial charge in [-0.15, -0.1) is 0 Å². The van der Waals surface area contributed by atoms with Crippen LogP contribution in [0, 0.1) is 0 Å². The predicted octanol–water partition coefficient (Wildman–Crippen LogP) is 5.85. The van der Waals surface area contributed by atoms with Crippen LogP contribution in [-0.2, 0) is 6.54 Å². The molecular weight excluding hydrogens is 471 g/mol. The lowest BCUT2D eigenvalue weighted by Crippen LogP contribution is -2.03. The number of fused-ring (bicyclic) bond motifs is 3. The summed E-state index contributed by atoms with van der Waals surface area (Å²) in [5, 5.41) is 6.50. The molecule has 6 aromatic rings. The topological polar surface area (TPSA) is 108 Å². The molecule has 0 bridgehead atoms. The molecule has 5 heterocycles. The maximum atomic E-state index is 6.23. The second-order valence-corrected chi connectivity index (χ2v) is 8.94. The number of anilines is 1. The van der Waals surface area contributed by atoms with Crippen LogP contribution in [0.1, 0.15) is 29.8 Å². The van der Waals surface area contributed by atoms with Crippen molar-refractivity contribution in [3.63, 3.8) is 0 Å². The minimum Gasteiger partial charge on any atom is -0.364 e. The van der Waals surface area contributed by atoms with E-state index in [9.17, 15) is 0 Å². The van der Waals surface area contributed by atoms with Crippen molar-refractivity contribution in [1.82, 2.24) is 34.9 Å². The van der Waals surface area contributed by atoms with Gasteiger partial charge in [-0.1, -0.05) is 36.2 Å². The number of hydrogen-bond donors (Lipinski definition) is 3. The summed E-state index contributed by atoms with van der Waals surface area (Å²) in [4.78, 5) is 28.7. The highest BCUT2D eigenvalue weighted by molar-refractivity contribution is 6.35. The van der Waals surface area contributed by atoms with Gasteiger partial charge in [0.25, 0.3) is 0 Å². The number of benzene rings is 1. The SMILES string of the molecule is CC(c1ccc2ncc(Cl)cc2c1)c1nc2ncnc(NCc3cnc4[nH]cc(Cl)c4c3)c2[nH]1. The Bertz CT molecular complexity index is 1670. The summed E-state index contributed by atoms with van der Waals surface area (Å²) in [6.45, 7) is 2.62. The van der Waals surface area contributed by atoms with Crippen LogP contribution in [0.4, 0.5) is 5.82 Å². The van der Waals surface area contributed by atoms with Crippen LogP contribution >= 0.6 is 23.2 Å². The summed E-state index contributed by atoms with van der Waals surface area (Å²) >= 11 is 12.4. The Balaban J connectivity index is 1.29. The highest BCUT2D eigenvalue weighted by Gasteiger charge is 2.17. The Morgan fingerprint density at radius 3 is 2.85 bits per heavy atom. The summed E-state index contributed by atoms with van der Waals surface area (Å²) in [5.41, 5.74) is 5.10. The lowest BCUT2D eigenvalue weighted by Gasteiger charge is -2.10. The molecule has 3 N–H and O–H groups in total. The molecule has 8 nitrogen and oxygen atoms in total. The Morgan fingerprint density at radius 2 is 1.94 bits per heavy atom. The summed E-state index contributed by atoms with van der Waals surface area (Å²) in [6, 6.07) is 10.1. The van der Waals surface area contributed by atoms with Crippen molar-refractivity contribution < 1.29 is 0 Å². The van der Waals surface area contributed by atoms with Gasteiger partial charge in [0, 0.05) is 41.8 Å². The molecule has 0 radical (unpaired) electrons. The summed E-state index contributed by atoms with van der Waals surface area (Å²) in [6.07, 6.45) is 6.70. The molecule has 0 aliphatic heterocycles. The molecule has 0 fully saturated rings. The molecule has 10 heteroatoms. The van der Waals surface area contributed by atoms with Gasteiger partial charge in [-0.05, 0) is 35.4 Å². The molecule has 1 atom stereocenters. The van der Waals surface area contributed by atoms with Crippen LogP contribution in [-0.4, -0.2) is 34.9 Å². The molecule has 5 aromatic heterocycles. The number of rotatable bonds is 5. The molecule has 0 aliphatic rings. The van der Waals surface area contributed by atoms with Gasteiger partial charge in [0.15, 0.2) is 11.5 Å². The largest absolute Gasteiger partial charge is 0.364 e. The van der Waals surface area contributed by atoms with Crippen LogP contribution < -0.4 is 5.32 Å². The van der Waals surface area contributed by atoms with E-state index in [1.807, 2.05) is 24.4 Å². The molecule has 0 saturated carbocycles. The van der Waals surface area contributed by atoms with Crippen molar-refractivity contribution in [2.45, 2.75) is 19.4 Å². The number of imidazole rings is 1. The normalized spacial score (nSPS) is 12.6. The quantitative estimate of drug-likeness (QED) is 0.281. The molecule has 0 amide bonds. The third-order valence-electron chi connectivity index (χ3n) is 5.89. The zero-order chi connectivity index (χ0) is 23.2. The number of halogens is 2. The standard InChI is InChI=1S/C24H18Cl2N8/c1-12(14-2-3-19-15(5-14)6-16(25)9-27-19)21-33-20-23(31-11-32-24(20)34-21)29-8-13-4-17-18(26)10-30-22(17)28-7-13/h2-7,9-12H,8H2,1H3,(H,28,30)(H2,29,31,32,33,34). The average Bonchev–Trinajstić information content (AvgIpc) is 3.45.